The molecule has 0 spiro atoms. The molecule has 0 atom stereocenters. The molecule has 14 heavy (non-hydrogen) atoms. The molecule has 1 radical (unpaired) electrons. The molecule has 75 valence electrons. The lowest BCUT2D eigenvalue weighted by Crippen LogP contribution is -2.36. The predicted octanol–water partition coefficient (Wildman–Crippen LogP) is 3.88. The van der Waals surface area contributed by atoms with Crippen LogP contribution in [-0.4, -0.2) is 5.54 Å². The monoisotopic (exact) mass is 208 g/mol. The van der Waals surface area contributed by atoms with Gasteiger partial charge < -0.3 is 4.90 Å². The minimum absolute atomic E-state index is 0.227. The van der Waals surface area contributed by atoms with Gasteiger partial charge in [0.25, 0.3) is 0 Å². The Kier molecular flexibility index (Phi) is 2.44. The fraction of sp³-hybridized carbons (Fsp3) is 0.417. The molecular formula is C12H15ClN. The van der Waals surface area contributed by atoms with E-state index in [1.165, 1.54) is 12.1 Å². The highest BCUT2D eigenvalue weighted by Crippen LogP contribution is 2.36. The topological polar surface area (TPSA) is 3.24 Å². The molecule has 0 amide bonds. The molecule has 1 heterocycles. The summed E-state index contributed by atoms with van der Waals surface area (Å²) in [6.07, 6.45) is 2.36. The molecular weight excluding hydrogens is 194 g/mol. The van der Waals surface area contributed by atoms with Crippen molar-refractivity contribution in [1.82, 2.24) is 0 Å². The van der Waals surface area contributed by atoms with Crippen LogP contribution in [0.15, 0.2) is 24.3 Å². The Bertz CT molecular complexity index is 333. The molecule has 1 aliphatic rings. The van der Waals surface area contributed by atoms with Crippen LogP contribution in [-0.2, 0) is 0 Å². The van der Waals surface area contributed by atoms with E-state index in [-0.39, 0.29) is 5.54 Å². The first-order valence-electron chi connectivity index (χ1n) is 4.98. The van der Waals surface area contributed by atoms with Crippen molar-refractivity contribution in [1.29, 1.82) is 0 Å². The maximum atomic E-state index is 5.98. The van der Waals surface area contributed by atoms with Crippen LogP contribution < -0.4 is 4.90 Å². The Morgan fingerprint density at radius 2 is 2.14 bits per heavy atom. The molecule has 0 unspecified atom stereocenters. The third-order valence-corrected chi connectivity index (χ3v) is 3.04. The first-order valence-corrected chi connectivity index (χ1v) is 5.36. The summed E-state index contributed by atoms with van der Waals surface area (Å²) >= 11 is 5.98. The summed E-state index contributed by atoms with van der Waals surface area (Å²) in [7, 11) is 0. The number of rotatable bonds is 1. The van der Waals surface area contributed by atoms with E-state index in [0.29, 0.717) is 0 Å². The molecule has 0 aliphatic carbocycles. The van der Waals surface area contributed by atoms with E-state index in [1.807, 2.05) is 18.2 Å². The van der Waals surface area contributed by atoms with Crippen molar-refractivity contribution in [3.8, 4) is 0 Å². The second kappa shape index (κ2) is 3.47. The van der Waals surface area contributed by atoms with E-state index < -0.39 is 0 Å². The van der Waals surface area contributed by atoms with Crippen LogP contribution in [0, 0.1) is 6.54 Å². The van der Waals surface area contributed by atoms with Crippen molar-refractivity contribution >= 4 is 17.3 Å². The van der Waals surface area contributed by atoms with Gasteiger partial charge in [-0.25, -0.2) is 0 Å². The molecule has 0 N–H and O–H groups in total. The Morgan fingerprint density at radius 3 is 2.71 bits per heavy atom. The smallest absolute Gasteiger partial charge is 0.0500 e. The van der Waals surface area contributed by atoms with Crippen LogP contribution in [0.2, 0.25) is 5.02 Å². The van der Waals surface area contributed by atoms with E-state index in [2.05, 4.69) is 31.4 Å². The number of anilines is 1. The predicted molar refractivity (Wildman–Crippen MR) is 61.5 cm³/mol. The van der Waals surface area contributed by atoms with Gasteiger partial charge in [0.05, 0.1) is 0 Å². The van der Waals surface area contributed by atoms with Gasteiger partial charge in [-0.2, -0.15) is 0 Å². The Labute approximate surface area is 90.7 Å². The lowest BCUT2D eigenvalue weighted by Gasteiger charge is -2.33. The fourth-order valence-corrected chi connectivity index (χ4v) is 2.18. The van der Waals surface area contributed by atoms with Crippen molar-refractivity contribution in [3.63, 3.8) is 0 Å². The van der Waals surface area contributed by atoms with E-state index in [1.54, 1.807) is 0 Å². The number of benzene rings is 1. The van der Waals surface area contributed by atoms with Crippen LogP contribution in [0.5, 0.6) is 0 Å². The Hall–Kier alpha value is -0.690. The van der Waals surface area contributed by atoms with Crippen molar-refractivity contribution in [2.45, 2.75) is 32.2 Å². The van der Waals surface area contributed by atoms with E-state index >= 15 is 0 Å². The average molecular weight is 209 g/mol. The van der Waals surface area contributed by atoms with E-state index in [0.717, 1.165) is 11.4 Å². The summed E-state index contributed by atoms with van der Waals surface area (Å²) in [5.41, 5.74) is 1.42. The average Bonchev–Trinajstić information content (AvgIpc) is 2.45. The molecule has 2 rings (SSSR count). The summed E-state index contributed by atoms with van der Waals surface area (Å²) in [6, 6.07) is 8.04. The lowest BCUT2D eigenvalue weighted by atomic mass is 10.0. The number of hydrogen-bond donors (Lipinski definition) is 0. The quantitative estimate of drug-likeness (QED) is 0.677. The highest BCUT2D eigenvalue weighted by Gasteiger charge is 2.32. The summed E-state index contributed by atoms with van der Waals surface area (Å²) in [6.45, 7) is 6.78. The number of halogens is 1. The Balaban J connectivity index is 2.31. The van der Waals surface area contributed by atoms with Crippen molar-refractivity contribution in [3.05, 3.63) is 35.8 Å². The van der Waals surface area contributed by atoms with Gasteiger partial charge in [0.1, 0.15) is 0 Å². The summed E-state index contributed by atoms with van der Waals surface area (Å²) in [4.78, 5) is 2.32. The van der Waals surface area contributed by atoms with Crippen LogP contribution in [0.4, 0.5) is 5.69 Å². The van der Waals surface area contributed by atoms with Gasteiger partial charge in [0.2, 0.25) is 0 Å². The van der Waals surface area contributed by atoms with Crippen LogP contribution >= 0.6 is 11.6 Å². The largest absolute Gasteiger partial charge is 0.361 e. The molecule has 1 aromatic carbocycles. The molecule has 1 nitrogen and oxygen atoms in total. The van der Waals surface area contributed by atoms with Gasteiger partial charge in [-0.15, -0.1) is 0 Å². The molecule has 1 saturated heterocycles. The zero-order valence-corrected chi connectivity index (χ0v) is 9.38. The standard InChI is InChI=1S/C12H15ClN/c1-12(2)7-4-8-14(12)11-6-3-5-10(13)9-11/h3,5-6,8-9H,4,7H2,1-2H3. The maximum absolute atomic E-state index is 5.98. The third-order valence-electron chi connectivity index (χ3n) is 2.81. The highest BCUT2D eigenvalue weighted by molar-refractivity contribution is 6.30. The Morgan fingerprint density at radius 1 is 1.36 bits per heavy atom. The highest BCUT2D eigenvalue weighted by atomic mass is 35.5. The minimum atomic E-state index is 0.227. The van der Waals surface area contributed by atoms with Gasteiger partial charge in [-0.3, -0.25) is 0 Å². The molecule has 1 fully saturated rings. The molecule has 0 bridgehead atoms. The van der Waals surface area contributed by atoms with Gasteiger partial charge in [-0.1, -0.05) is 17.7 Å². The van der Waals surface area contributed by atoms with Crippen LogP contribution in [0.25, 0.3) is 0 Å². The molecule has 2 heteroatoms. The zero-order chi connectivity index (χ0) is 10.2. The van der Waals surface area contributed by atoms with Gasteiger partial charge >= 0.3 is 0 Å². The van der Waals surface area contributed by atoms with Gasteiger partial charge in [0, 0.05) is 22.8 Å². The van der Waals surface area contributed by atoms with Crippen molar-refractivity contribution in [2.24, 2.45) is 0 Å². The summed E-state index contributed by atoms with van der Waals surface area (Å²) in [5.74, 6) is 0. The summed E-state index contributed by atoms with van der Waals surface area (Å²) in [5, 5.41) is 0.804. The van der Waals surface area contributed by atoms with Crippen molar-refractivity contribution < 1.29 is 0 Å². The number of nitrogens with zero attached hydrogens (tertiary/aromatic N) is 1. The van der Waals surface area contributed by atoms with Crippen LogP contribution in [0.1, 0.15) is 26.7 Å². The molecule has 0 saturated carbocycles. The second-order valence-corrected chi connectivity index (χ2v) is 4.82. The lowest BCUT2D eigenvalue weighted by molar-refractivity contribution is 0.521. The minimum Gasteiger partial charge on any atom is -0.361 e. The second-order valence-electron chi connectivity index (χ2n) is 4.38. The normalized spacial score (nSPS) is 20.1. The maximum Gasteiger partial charge on any atom is 0.0500 e. The van der Waals surface area contributed by atoms with E-state index in [9.17, 15) is 0 Å². The van der Waals surface area contributed by atoms with Gasteiger partial charge in [0.15, 0.2) is 0 Å². The molecule has 1 aromatic rings. The van der Waals surface area contributed by atoms with Crippen LogP contribution in [0.3, 0.4) is 0 Å². The summed E-state index contributed by atoms with van der Waals surface area (Å²) < 4.78 is 0. The third kappa shape index (κ3) is 1.74. The SMILES string of the molecule is CC1(C)CC[CH]N1c1cccc(Cl)c1. The van der Waals surface area contributed by atoms with Gasteiger partial charge in [-0.05, 0) is 44.9 Å². The zero-order valence-electron chi connectivity index (χ0n) is 8.63. The number of hydrogen-bond acceptors (Lipinski definition) is 1. The molecule has 1 aliphatic heterocycles. The first-order chi connectivity index (χ1) is 6.59. The fourth-order valence-electron chi connectivity index (χ4n) is 2.00. The molecule has 0 aromatic heterocycles. The first kappa shape index (κ1) is 9.85. The van der Waals surface area contributed by atoms with Crippen molar-refractivity contribution in [2.75, 3.05) is 4.90 Å². The van der Waals surface area contributed by atoms with E-state index in [4.69, 9.17) is 11.6 Å².